The summed E-state index contributed by atoms with van der Waals surface area (Å²) in [6, 6.07) is 1.71. The zero-order chi connectivity index (χ0) is 11.7. The standard InChI is InChI=1S/C11H16N2O2S/c1-3-6-5-15-10-7(12)4-8(14-2)9(13)11(10)16-6/h4,6H,3,5,12-13H2,1-2H3. The molecule has 0 saturated heterocycles. The van der Waals surface area contributed by atoms with Crippen LogP contribution in [-0.4, -0.2) is 19.0 Å². The fourth-order valence-electron chi connectivity index (χ4n) is 1.66. The minimum atomic E-state index is 0.432. The van der Waals surface area contributed by atoms with E-state index in [1.165, 1.54) is 0 Å². The van der Waals surface area contributed by atoms with Gasteiger partial charge >= 0.3 is 0 Å². The Kier molecular flexibility index (Phi) is 3.05. The monoisotopic (exact) mass is 240 g/mol. The number of ether oxygens (including phenoxy) is 2. The Morgan fingerprint density at radius 3 is 2.94 bits per heavy atom. The van der Waals surface area contributed by atoms with E-state index in [1.807, 2.05) is 0 Å². The van der Waals surface area contributed by atoms with E-state index in [-0.39, 0.29) is 0 Å². The molecule has 1 aliphatic rings. The van der Waals surface area contributed by atoms with Crippen molar-refractivity contribution in [2.75, 3.05) is 25.2 Å². The van der Waals surface area contributed by atoms with Crippen molar-refractivity contribution >= 4 is 23.1 Å². The molecule has 2 rings (SSSR count). The molecule has 0 radical (unpaired) electrons. The minimum Gasteiger partial charge on any atom is -0.494 e. The van der Waals surface area contributed by atoms with Crippen LogP contribution in [0.5, 0.6) is 11.5 Å². The lowest BCUT2D eigenvalue weighted by Gasteiger charge is -2.26. The molecular weight excluding hydrogens is 224 g/mol. The Morgan fingerprint density at radius 2 is 2.31 bits per heavy atom. The number of anilines is 2. The normalized spacial score (nSPS) is 18.8. The van der Waals surface area contributed by atoms with Crippen LogP contribution >= 0.6 is 11.8 Å². The molecule has 5 heteroatoms. The van der Waals surface area contributed by atoms with Crippen LogP contribution in [-0.2, 0) is 0 Å². The molecule has 0 amide bonds. The van der Waals surface area contributed by atoms with E-state index < -0.39 is 0 Å². The molecule has 16 heavy (non-hydrogen) atoms. The second-order valence-corrected chi connectivity index (χ2v) is 5.01. The second-order valence-electron chi connectivity index (χ2n) is 3.70. The molecule has 1 aromatic carbocycles. The van der Waals surface area contributed by atoms with Gasteiger partial charge in [-0.05, 0) is 6.42 Å². The number of nitrogen functional groups attached to an aromatic ring is 2. The summed E-state index contributed by atoms with van der Waals surface area (Å²) >= 11 is 1.72. The highest BCUT2D eigenvalue weighted by atomic mass is 32.2. The van der Waals surface area contributed by atoms with E-state index in [2.05, 4.69) is 6.92 Å². The fraction of sp³-hybridized carbons (Fsp3) is 0.455. The van der Waals surface area contributed by atoms with E-state index in [9.17, 15) is 0 Å². The average Bonchev–Trinajstić information content (AvgIpc) is 2.33. The van der Waals surface area contributed by atoms with Gasteiger partial charge in [0.2, 0.25) is 0 Å². The number of thioether (sulfide) groups is 1. The van der Waals surface area contributed by atoms with Crippen molar-refractivity contribution in [3.63, 3.8) is 0 Å². The molecule has 4 N–H and O–H groups in total. The molecule has 0 fully saturated rings. The predicted octanol–water partition coefficient (Wildman–Crippen LogP) is 2.12. The zero-order valence-electron chi connectivity index (χ0n) is 9.45. The first-order valence-electron chi connectivity index (χ1n) is 5.22. The van der Waals surface area contributed by atoms with Crippen LogP contribution in [0.4, 0.5) is 11.4 Å². The second kappa shape index (κ2) is 4.33. The largest absolute Gasteiger partial charge is 0.494 e. The van der Waals surface area contributed by atoms with Crippen molar-refractivity contribution in [3.8, 4) is 11.5 Å². The van der Waals surface area contributed by atoms with Crippen LogP contribution in [0.2, 0.25) is 0 Å². The lowest BCUT2D eigenvalue weighted by molar-refractivity contribution is 0.301. The predicted molar refractivity (Wildman–Crippen MR) is 67.2 cm³/mol. The SMILES string of the molecule is CCC1COc2c(N)cc(OC)c(N)c2S1. The van der Waals surface area contributed by atoms with Crippen molar-refractivity contribution in [2.24, 2.45) is 0 Å². The molecule has 0 aliphatic carbocycles. The number of fused-ring (bicyclic) bond motifs is 1. The Hall–Kier alpha value is -1.23. The van der Waals surface area contributed by atoms with Gasteiger partial charge in [-0.1, -0.05) is 6.92 Å². The van der Waals surface area contributed by atoms with Gasteiger partial charge in [-0.2, -0.15) is 0 Å². The van der Waals surface area contributed by atoms with Gasteiger partial charge in [0.15, 0.2) is 5.75 Å². The number of benzene rings is 1. The summed E-state index contributed by atoms with van der Waals surface area (Å²) in [5.74, 6) is 1.32. The van der Waals surface area contributed by atoms with Gasteiger partial charge in [0.25, 0.3) is 0 Å². The quantitative estimate of drug-likeness (QED) is 0.775. The summed E-state index contributed by atoms with van der Waals surface area (Å²) in [7, 11) is 1.59. The first-order chi connectivity index (χ1) is 7.67. The van der Waals surface area contributed by atoms with Crippen molar-refractivity contribution in [2.45, 2.75) is 23.5 Å². The van der Waals surface area contributed by atoms with Gasteiger partial charge < -0.3 is 20.9 Å². The Bertz CT molecular complexity index is 409. The molecule has 0 aromatic heterocycles. The van der Waals surface area contributed by atoms with Crippen LogP contribution < -0.4 is 20.9 Å². The molecule has 0 saturated carbocycles. The summed E-state index contributed by atoms with van der Waals surface area (Å²) in [5, 5.41) is 0.432. The molecule has 1 aliphatic heterocycles. The van der Waals surface area contributed by atoms with E-state index in [0.29, 0.717) is 34.7 Å². The van der Waals surface area contributed by atoms with Gasteiger partial charge in [-0.25, -0.2) is 0 Å². The third kappa shape index (κ3) is 1.75. The molecule has 88 valence electrons. The van der Waals surface area contributed by atoms with Gasteiger partial charge in [0.1, 0.15) is 12.4 Å². The van der Waals surface area contributed by atoms with Crippen molar-refractivity contribution < 1.29 is 9.47 Å². The summed E-state index contributed by atoms with van der Waals surface area (Å²) in [4.78, 5) is 0.912. The summed E-state index contributed by atoms with van der Waals surface area (Å²) in [6.07, 6.45) is 1.04. The van der Waals surface area contributed by atoms with Crippen molar-refractivity contribution in [1.29, 1.82) is 0 Å². The van der Waals surface area contributed by atoms with E-state index in [4.69, 9.17) is 20.9 Å². The maximum Gasteiger partial charge on any atom is 0.158 e. The van der Waals surface area contributed by atoms with E-state index in [0.717, 1.165) is 11.3 Å². The topological polar surface area (TPSA) is 70.5 Å². The molecule has 0 bridgehead atoms. The maximum atomic E-state index is 6.02. The summed E-state index contributed by atoms with van der Waals surface area (Å²) in [5.41, 5.74) is 13.1. The molecule has 1 heterocycles. The molecule has 1 atom stereocenters. The number of rotatable bonds is 2. The van der Waals surface area contributed by atoms with Crippen LogP contribution in [0.25, 0.3) is 0 Å². The maximum absolute atomic E-state index is 6.02. The van der Waals surface area contributed by atoms with Crippen molar-refractivity contribution in [3.05, 3.63) is 6.07 Å². The Balaban J connectivity index is 2.47. The highest BCUT2D eigenvalue weighted by molar-refractivity contribution is 8.00. The zero-order valence-corrected chi connectivity index (χ0v) is 10.3. The molecule has 4 nitrogen and oxygen atoms in total. The Morgan fingerprint density at radius 1 is 1.56 bits per heavy atom. The average molecular weight is 240 g/mol. The van der Waals surface area contributed by atoms with Crippen LogP contribution in [0.3, 0.4) is 0 Å². The lowest BCUT2D eigenvalue weighted by Crippen LogP contribution is -2.20. The smallest absolute Gasteiger partial charge is 0.158 e. The summed E-state index contributed by atoms with van der Waals surface area (Å²) < 4.78 is 10.8. The summed E-state index contributed by atoms with van der Waals surface area (Å²) in [6.45, 7) is 2.82. The number of hydrogen-bond acceptors (Lipinski definition) is 5. The van der Waals surface area contributed by atoms with Gasteiger partial charge in [-0.15, -0.1) is 11.8 Å². The Labute approximate surface area is 99.3 Å². The van der Waals surface area contributed by atoms with Crippen LogP contribution in [0, 0.1) is 0 Å². The number of nitrogens with two attached hydrogens (primary N) is 2. The van der Waals surface area contributed by atoms with Gasteiger partial charge in [-0.3, -0.25) is 0 Å². The number of hydrogen-bond donors (Lipinski definition) is 2. The fourth-order valence-corrected chi connectivity index (χ4v) is 2.81. The first kappa shape index (κ1) is 11.3. The first-order valence-corrected chi connectivity index (χ1v) is 6.10. The van der Waals surface area contributed by atoms with Crippen molar-refractivity contribution in [1.82, 2.24) is 0 Å². The van der Waals surface area contributed by atoms with Gasteiger partial charge in [0, 0.05) is 11.3 Å². The molecule has 1 aromatic rings. The van der Waals surface area contributed by atoms with Crippen LogP contribution in [0.15, 0.2) is 11.0 Å². The van der Waals surface area contributed by atoms with Gasteiger partial charge in [0.05, 0.1) is 23.4 Å². The lowest BCUT2D eigenvalue weighted by atomic mass is 10.2. The number of methoxy groups -OCH3 is 1. The third-order valence-electron chi connectivity index (χ3n) is 2.64. The highest BCUT2D eigenvalue weighted by Gasteiger charge is 2.25. The highest BCUT2D eigenvalue weighted by Crippen LogP contribution is 2.48. The van der Waals surface area contributed by atoms with E-state index >= 15 is 0 Å². The van der Waals surface area contributed by atoms with Crippen LogP contribution in [0.1, 0.15) is 13.3 Å². The molecule has 0 spiro atoms. The third-order valence-corrected chi connectivity index (χ3v) is 4.08. The van der Waals surface area contributed by atoms with E-state index in [1.54, 1.807) is 24.9 Å². The molecule has 1 unspecified atom stereocenters. The molecular formula is C11H16N2O2S. The minimum absolute atomic E-state index is 0.432.